The molecule has 3 rings (SSSR count). The van der Waals surface area contributed by atoms with Gasteiger partial charge in [-0.1, -0.05) is 12.1 Å². The Bertz CT molecular complexity index is 1000. The third-order valence-corrected chi connectivity index (χ3v) is 4.40. The van der Waals surface area contributed by atoms with Crippen LogP contribution < -0.4 is 15.4 Å². The largest absolute Gasteiger partial charge is 0.496 e. The minimum Gasteiger partial charge on any atom is -0.496 e. The zero-order valence-corrected chi connectivity index (χ0v) is 15.4. The van der Waals surface area contributed by atoms with Crippen LogP contribution in [0.5, 0.6) is 5.75 Å². The van der Waals surface area contributed by atoms with E-state index in [1.807, 2.05) is 0 Å². The number of nitrogens with one attached hydrogen (secondary N) is 2. The lowest BCUT2D eigenvalue weighted by Crippen LogP contribution is -2.12. The number of rotatable bonds is 5. The van der Waals surface area contributed by atoms with E-state index in [1.54, 1.807) is 35.7 Å². The molecule has 2 N–H and O–H groups in total. The minimum atomic E-state index is -0.519. The second-order valence-corrected chi connectivity index (χ2v) is 6.43. The molecule has 0 bridgehead atoms. The summed E-state index contributed by atoms with van der Waals surface area (Å²) in [7, 11) is 1.49. The van der Waals surface area contributed by atoms with Crippen LogP contribution in [0.4, 0.5) is 15.2 Å². The molecule has 3 aromatic rings. The van der Waals surface area contributed by atoms with Gasteiger partial charge in [-0.05, 0) is 30.3 Å². The quantitative estimate of drug-likeness (QED) is 0.691. The van der Waals surface area contributed by atoms with Gasteiger partial charge >= 0.3 is 0 Å². The van der Waals surface area contributed by atoms with Gasteiger partial charge in [0, 0.05) is 23.6 Å². The molecule has 8 heteroatoms. The Morgan fingerprint density at radius 2 is 1.93 bits per heavy atom. The number of anilines is 2. The number of carbonyl (C=O) groups is 2. The number of thiazole rings is 1. The van der Waals surface area contributed by atoms with Gasteiger partial charge in [0.1, 0.15) is 11.6 Å². The van der Waals surface area contributed by atoms with Gasteiger partial charge in [-0.25, -0.2) is 9.37 Å². The van der Waals surface area contributed by atoms with Crippen LogP contribution in [0, 0.1) is 5.82 Å². The Hall–Kier alpha value is -3.26. The maximum Gasteiger partial charge on any atom is 0.261 e. The van der Waals surface area contributed by atoms with Crippen molar-refractivity contribution in [2.45, 2.75) is 6.92 Å². The Labute approximate surface area is 159 Å². The summed E-state index contributed by atoms with van der Waals surface area (Å²) in [5, 5.41) is 7.19. The number of ether oxygens (including phenoxy) is 1. The molecular formula is C19H16FN3O3S. The van der Waals surface area contributed by atoms with Crippen LogP contribution in [-0.4, -0.2) is 23.9 Å². The number of carbonyl (C=O) groups excluding carboxylic acids is 2. The fourth-order valence-electron chi connectivity index (χ4n) is 2.46. The van der Waals surface area contributed by atoms with Gasteiger partial charge in [0.15, 0.2) is 5.13 Å². The molecule has 2 aromatic carbocycles. The first kappa shape index (κ1) is 18.5. The molecule has 0 spiro atoms. The van der Waals surface area contributed by atoms with E-state index in [1.165, 1.54) is 37.5 Å². The van der Waals surface area contributed by atoms with Crippen LogP contribution in [0.3, 0.4) is 0 Å². The zero-order chi connectivity index (χ0) is 19.4. The van der Waals surface area contributed by atoms with E-state index >= 15 is 0 Å². The Morgan fingerprint density at radius 3 is 2.63 bits per heavy atom. The highest BCUT2D eigenvalue weighted by molar-refractivity contribution is 7.14. The van der Waals surface area contributed by atoms with Crippen molar-refractivity contribution in [3.63, 3.8) is 0 Å². The van der Waals surface area contributed by atoms with Crippen LogP contribution in [-0.2, 0) is 4.79 Å². The first-order valence-corrected chi connectivity index (χ1v) is 8.83. The van der Waals surface area contributed by atoms with Crippen LogP contribution in [0.15, 0.2) is 47.8 Å². The Kier molecular flexibility index (Phi) is 5.46. The summed E-state index contributed by atoms with van der Waals surface area (Å²) < 4.78 is 19.5. The highest BCUT2D eigenvalue weighted by Gasteiger charge is 2.15. The molecule has 0 saturated carbocycles. The number of hydrogen-bond donors (Lipinski definition) is 2. The van der Waals surface area contributed by atoms with Crippen LogP contribution >= 0.6 is 11.3 Å². The second-order valence-electron chi connectivity index (χ2n) is 5.57. The minimum absolute atomic E-state index is 0.276. The summed E-state index contributed by atoms with van der Waals surface area (Å²) in [6.07, 6.45) is 0. The van der Waals surface area contributed by atoms with Gasteiger partial charge < -0.3 is 10.1 Å². The predicted molar refractivity (Wildman–Crippen MR) is 103 cm³/mol. The SMILES string of the molecule is COc1ccccc1C(=O)Nc1nc(-c2ccc(NC(C)=O)cc2F)cs1. The molecule has 0 aliphatic heterocycles. The fourth-order valence-corrected chi connectivity index (χ4v) is 3.16. The van der Waals surface area contributed by atoms with Crippen molar-refractivity contribution in [3.05, 3.63) is 59.2 Å². The molecule has 0 atom stereocenters. The van der Waals surface area contributed by atoms with Gasteiger partial charge in [0.2, 0.25) is 5.91 Å². The Morgan fingerprint density at radius 1 is 1.15 bits per heavy atom. The van der Waals surface area contributed by atoms with E-state index < -0.39 is 5.82 Å². The summed E-state index contributed by atoms with van der Waals surface area (Å²) in [6, 6.07) is 11.2. The highest BCUT2D eigenvalue weighted by atomic mass is 32.1. The van der Waals surface area contributed by atoms with Gasteiger partial charge in [0.25, 0.3) is 5.91 Å². The van der Waals surface area contributed by atoms with E-state index in [0.717, 1.165) is 0 Å². The summed E-state index contributed by atoms with van der Waals surface area (Å²) in [5.74, 6) is -0.715. The van der Waals surface area contributed by atoms with E-state index in [-0.39, 0.29) is 17.4 Å². The molecule has 0 aliphatic carbocycles. The molecule has 2 amide bonds. The smallest absolute Gasteiger partial charge is 0.261 e. The summed E-state index contributed by atoms with van der Waals surface area (Å²) >= 11 is 1.18. The number of nitrogens with zero attached hydrogens (tertiary/aromatic N) is 1. The van der Waals surface area contributed by atoms with Crippen LogP contribution in [0.1, 0.15) is 17.3 Å². The topological polar surface area (TPSA) is 80.3 Å². The average Bonchev–Trinajstić information content (AvgIpc) is 3.09. The Balaban J connectivity index is 1.79. The standard InChI is InChI=1S/C19H16FN3O3S/c1-11(24)21-12-7-8-13(15(20)9-12)16-10-27-19(22-16)23-18(25)14-5-3-4-6-17(14)26-2/h3-10H,1-2H3,(H,21,24)(H,22,23,25). The monoisotopic (exact) mass is 385 g/mol. The van der Waals surface area contributed by atoms with E-state index in [2.05, 4.69) is 15.6 Å². The molecule has 1 aromatic heterocycles. The summed E-state index contributed by atoms with van der Waals surface area (Å²) in [6.45, 7) is 1.35. The molecule has 138 valence electrons. The average molecular weight is 385 g/mol. The highest BCUT2D eigenvalue weighted by Crippen LogP contribution is 2.29. The molecule has 27 heavy (non-hydrogen) atoms. The second kappa shape index (κ2) is 7.96. The molecule has 0 unspecified atom stereocenters. The van der Waals surface area contributed by atoms with E-state index in [0.29, 0.717) is 27.8 Å². The third-order valence-electron chi connectivity index (χ3n) is 3.64. The number of benzene rings is 2. The summed E-state index contributed by atoms with van der Waals surface area (Å²) in [4.78, 5) is 27.7. The first-order valence-electron chi connectivity index (χ1n) is 7.95. The van der Waals surface area contributed by atoms with Crippen molar-refractivity contribution >= 4 is 34.0 Å². The van der Waals surface area contributed by atoms with Crippen molar-refractivity contribution in [1.82, 2.24) is 4.98 Å². The van der Waals surface area contributed by atoms with Gasteiger partial charge in [0.05, 0.1) is 18.4 Å². The van der Waals surface area contributed by atoms with Crippen LogP contribution in [0.2, 0.25) is 0 Å². The fraction of sp³-hybridized carbons (Fsp3) is 0.105. The third kappa shape index (κ3) is 4.29. The van der Waals surface area contributed by atoms with Crippen LogP contribution in [0.25, 0.3) is 11.3 Å². The zero-order valence-electron chi connectivity index (χ0n) is 14.6. The molecule has 0 radical (unpaired) electrons. The first-order chi connectivity index (χ1) is 13.0. The van der Waals surface area contributed by atoms with Crippen molar-refractivity contribution in [1.29, 1.82) is 0 Å². The number of aromatic nitrogens is 1. The lowest BCUT2D eigenvalue weighted by molar-refractivity contribution is -0.114. The maximum atomic E-state index is 14.3. The normalized spacial score (nSPS) is 10.3. The molecule has 0 saturated heterocycles. The van der Waals surface area contributed by atoms with Crippen molar-refractivity contribution in [3.8, 4) is 17.0 Å². The predicted octanol–water partition coefficient (Wildman–Crippen LogP) is 4.17. The summed E-state index contributed by atoms with van der Waals surface area (Å²) in [5.41, 5.74) is 1.41. The lowest BCUT2D eigenvalue weighted by Gasteiger charge is -2.07. The lowest BCUT2D eigenvalue weighted by atomic mass is 10.1. The van der Waals surface area contributed by atoms with Crippen molar-refractivity contribution in [2.75, 3.05) is 17.7 Å². The van der Waals surface area contributed by atoms with Gasteiger partial charge in [-0.3, -0.25) is 14.9 Å². The van der Waals surface area contributed by atoms with E-state index in [9.17, 15) is 14.0 Å². The number of para-hydroxylation sites is 1. The number of amides is 2. The molecule has 6 nitrogen and oxygen atoms in total. The number of halogens is 1. The van der Waals surface area contributed by atoms with Gasteiger partial charge in [-0.2, -0.15) is 0 Å². The molecule has 0 fully saturated rings. The number of hydrogen-bond acceptors (Lipinski definition) is 5. The van der Waals surface area contributed by atoms with Crippen molar-refractivity contribution < 1.29 is 18.7 Å². The maximum absolute atomic E-state index is 14.3. The van der Waals surface area contributed by atoms with Crippen molar-refractivity contribution in [2.24, 2.45) is 0 Å². The molecular weight excluding hydrogens is 369 g/mol. The molecule has 0 aliphatic rings. The molecule has 1 heterocycles. The van der Waals surface area contributed by atoms with E-state index in [4.69, 9.17) is 4.74 Å². The van der Waals surface area contributed by atoms with Gasteiger partial charge in [-0.15, -0.1) is 11.3 Å². The number of methoxy groups -OCH3 is 1.